The number of rotatable bonds is 2. The summed E-state index contributed by atoms with van der Waals surface area (Å²) in [5.74, 6) is -0.900. The molecule has 0 aliphatic heterocycles. The molecule has 3 aromatic heterocycles. The molecule has 7 nitrogen and oxygen atoms in total. The third-order valence-electron chi connectivity index (χ3n) is 4.17. The van der Waals surface area contributed by atoms with Gasteiger partial charge in [0.1, 0.15) is 5.82 Å². The van der Waals surface area contributed by atoms with Crippen LogP contribution in [0.5, 0.6) is 0 Å². The lowest BCUT2D eigenvalue weighted by atomic mass is 10.1. The maximum atomic E-state index is 14.8. The minimum atomic E-state index is -0.495. The number of pyridine rings is 1. The number of carbonyl (C=O) groups is 1. The van der Waals surface area contributed by atoms with Gasteiger partial charge in [-0.1, -0.05) is 5.21 Å². The first-order valence-corrected chi connectivity index (χ1v) is 7.55. The Balaban J connectivity index is 1.97. The molecule has 0 saturated carbocycles. The first kappa shape index (κ1) is 15.3. The lowest BCUT2D eigenvalue weighted by molar-refractivity contribution is 0.0600. The van der Waals surface area contributed by atoms with Gasteiger partial charge in [0.25, 0.3) is 0 Å². The van der Waals surface area contributed by atoms with E-state index in [1.807, 2.05) is 13.0 Å². The number of H-pyrrole nitrogens is 1. The van der Waals surface area contributed by atoms with Crippen molar-refractivity contribution in [1.29, 1.82) is 0 Å². The van der Waals surface area contributed by atoms with Crippen LogP contribution in [0.25, 0.3) is 33.2 Å². The smallest absolute Gasteiger partial charge is 0.339 e. The Labute approximate surface area is 141 Å². The molecule has 0 aliphatic rings. The number of aryl methyl sites for hydroxylation is 2. The summed E-state index contributed by atoms with van der Waals surface area (Å²) in [5, 5.41) is 8.34. The third-order valence-corrected chi connectivity index (χ3v) is 4.17. The monoisotopic (exact) mass is 339 g/mol. The van der Waals surface area contributed by atoms with Gasteiger partial charge in [-0.25, -0.2) is 13.9 Å². The molecule has 0 aliphatic carbocycles. The number of benzene rings is 1. The van der Waals surface area contributed by atoms with E-state index >= 15 is 0 Å². The largest absolute Gasteiger partial charge is 0.465 e. The van der Waals surface area contributed by atoms with Crippen molar-refractivity contribution in [3.8, 4) is 11.3 Å². The quantitative estimate of drug-likeness (QED) is 0.568. The summed E-state index contributed by atoms with van der Waals surface area (Å²) in [6.45, 7) is 1.82. The molecule has 126 valence electrons. The number of nitrogens with one attached hydrogen (secondary N) is 1. The molecule has 1 aromatic carbocycles. The van der Waals surface area contributed by atoms with Gasteiger partial charge in [-0.15, -0.1) is 5.10 Å². The molecule has 0 atom stereocenters. The van der Waals surface area contributed by atoms with Crippen LogP contribution in [-0.2, 0) is 11.8 Å². The molecular formula is C17H14FN5O2. The minimum Gasteiger partial charge on any atom is -0.465 e. The number of esters is 1. The number of hydrogen-bond donors (Lipinski definition) is 1. The Kier molecular flexibility index (Phi) is 3.28. The topological polar surface area (TPSA) is 85.7 Å². The van der Waals surface area contributed by atoms with Crippen LogP contribution in [0, 0.1) is 12.7 Å². The fourth-order valence-electron chi connectivity index (χ4n) is 3.07. The average Bonchev–Trinajstić information content (AvgIpc) is 3.12. The highest BCUT2D eigenvalue weighted by atomic mass is 19.1. The van der Waals surface area contributed by atoms with Crippen LogP contribution >= 0.6 is 0 Å². The molecule has 3 heterocycles. The number of hydrogen-bond acceptors (Lipinski definition) is 5. The van der Waals surface area contributed by atoms with Crippen molar-refractivity contribution in [1.82, 2.24) is 25.0 Å². The van der Waals surface area contributed by atoms with Crippen molar-refractivity contribution in [2.24, 2.45) is 7.05 Å². The fourth-order valence-corrected chi connectivity index (χ4v) is 3.07. The van der Waals surface area contributed by atoms with E-state index in [1.54, 1.807) is 17.8 Å². The van der Waals surface area contributed by atoms with Gasteiger partial charge < -0.3 is 9.72 Å². The molecule has 0 amide bonds. The van der Waals surface area contributed by atoms with Gasteiger partial charge in [0.05, 0.1) is 46.0 Å². The molecule has 0 radical (unpaired) electrons. The maximum absolute atomic E-state index is 14.8. The van der Waals surface area contributed by atoms with Crippen molar-refractivity contribution in [3.63, 3.8) is 0 Å². The van der Waals surface area contributed by atoms with Crippen LogP contribution in [-0.4, -0.2) is 38.0 Å². The molecule has 1 N–H and O–H groups in total. The Morgan fingerprint density at radius 2 is 2.08 bits per heavy atom. The molecule has 4 aromatic rings. The van der Waals surface area contributed by atoms with Crippen LogP contribution in [0.4, 0.5) is 4.39 Å². The zero-order chi connectivity index (χ0) is 17.7. The normalized spacial score (nSPS) is 11.4. The standard InChI is InChI=1S/C17H14FN5O2/c1-8-16(23(2)22-21-8)9-4-11(18)14-12(5-9)20-13-6-10(17(24)25-3)7-19-15(13)14/h4-7,20H,1-3H3. The number of methoxy groups -OCH3 is 1. The number of aromatic amines is 1. The highest BCUT2D eigenvalue weighted by Crippen LogP contribution is 2.32. The van der Waals surface area contributed by atoms with Crippen LogP contribution in [0.15, 0.2) is 24.4 Å². The predicted molar refractivity (Wildman–Crippen MR) is 89.6 cm³/mol. The van der Waals surface area contributed by atoms with E-state index < -0.39 is 11.8 Å². The summed E-state index contributed by atoms with van der Waals surface area (Å²) in [4.78, 5) is 19.0. The summed E-state index contributed by atoms with van der Waals surface area (Å²) in [5.41, 5.74) is 4.02. The summed E-state index contributed by atoms with van der Waals surface area (Å²) >= 11 is 0. The fraction of sp³-hybridized carbons (Fsp3) is 0.176. The van der Waals surface area contributed by atoms with Crippen molar-refractivity contribution >= 4 is 27.9 Å². The Morgan fingerprint density at radius 1 is 1.28 bits per heavy atom. The van der Waals surface area contributed by atoms with Crippen LogP contribution in [0.2, 0.25) is 0 Å². The number of aromatic nitrogens is 5. The Morgan fingerprint density at radius 3 is 2.76 bits per heavy atom. The van der Waals surface area contributed by atoms with Gasteiger partial charge in [-0.2, -0.15) is 0 Å². The van der Waals surface area contributed by atoms with Crippen molar-refractivity contribution in [2.45, 2.75) is 6.92 Å². The summed E-state index contributed by atoms with van der Waals surface area (Å²) in [6.07, 6.45) is 1.38. The Hall–Kier alpha value is -3.29. The van der Waals surface area contributed by atoms with E-state index in [9.17, 15) is 9.18 Å². The molecule has 0 spiro atoms. The van der Waals surface area contributed by atoms with Crippen molar-refractivity contribution in [3.05, 3.63) is 41.5 Å². The van der Waals surface area contributed by atoms with E-state index in [1.165, 1.54) is 19.4 Å². The highest BCUT2D eigenvalue weighted by Gasteiger charge is 2.17. The van der Waals surface area contributed by atoms with Gasteiger partial charge >= 0.3 is 5.97 Å². The molecule has 25 heavy (non-hydrogen) atoms. The van der Waals surface area contributed by atoms with E-state index in [0.717, 1.165) is 5.69 Å². The number of nitrogens with zero attached hydrogens (tertiary/aromatic N) is 4. The van der Waals surface area contributed by atoms with Gasteiger partial charge in [0.2, 0.25) is 0 Å². The number of fused-ring (bicyclic) bond motifs is 3. The first-order chi connectivity index (χ1) is 12.0. The van der Waals surface area contributed by atoms with Crippen LogP contribution < -0.4 is 0 Å². The molecule has 0 saturated heterocycles. The summed E-state index contributed by atoms with van der Waals surface area (Å²) < 4.78 is 21.1. The molecule has 0 bridgehead atoms. The summed E-state index contributed by atoms with van der Waals surface area (Å²) in [6, 6.07) is 4.87. The SMILES string of the molecule is COC(=O)c1cnc2c(c1)[nH]c1cc(-c3c(C)nnn3C)cc(F)c12. The van der Waals surface area contributed by atoms with Crippen LogP contribution in [0.3, 0.4) is 0 Å². The van der Waals surface area contributed by atoms with Gasteiger partial charge in [0.15, 0.2) is 0 Å². The van der Waals surface area contributed by atoms with Gasteiger partial charge in [0, 0.05) is 18.8 Å². The van der Waals surface area contributed by atoms with Gasteiger partial charge in [-0.3, -0.25) is 4.98 Å². The number of halogens is 1. The highest BCUT2D eigenvalue weighted by molar-refractivity contribution is 6.07. The van der Waals surface area contributed by atoms with E-state index in [4.69, 9.17) is 4.74 Å². The van der Waals surface area contributed by atoms with Crippen molar-refractivity contribution < 1.29 is 13.9 Å². The predicted octanol–water partition coefficient (Wildman–Crippen LogP) is 2.75. The molecule has 8 heteroatoms. The Bertz CT molecular complexity index is 1130. The second kappa shape index (κ2) is 5.37. The van der Waals surface area contributed by atoms with E-state index in [-0.39, 0.29) is 0 Å². The van der Waals surface area contributed by atoms with Crippen molar-refractivity contribution in [2.75, 3.05) is 7.11 Å². The molecule has 4 rings (SSSR count). The van der Waals surface area contributed by atoms with Gasteiger partial charge in [-0.05, 0) is 25.1 Å². The number of ether oxygens (including phenoxy) is 1. The zero-order valence-corrected chi connectivity index (χ0v) is 13.8. The van der Waals surface area contributed by atoms with Crippen LogP contribution in [0.1, 0.15) is 16.1 Å². The lowest BCUT2D eigenvalue weighted by Crippen LogP contribution is -2.01. The zero-order valence-electron chi connectivity index (χ0n) is 13.8. The molecular weight excluding hydrogens is 325 g/mol. The molecule has 0 fully saturated rings. The second-order valence-corrected chi connectivity index (χ2v) is 5.76. The number of carbonyl (C=O) groups excluding carboxylic acids is 1. The summed E-state index contributed by atoms with van der Waals surface area (Å²) in [7, 11) is 3.06. The third kappa shape index (κ3) is 2.25. The lowest BCUT2D eigenvalue weighted by Gasteiger charge is -2.04. The molecule has 0 unspecified atom stereocenters. The van der Waals surface area contributed by atoms with E-state index in [2.05, 4.69) is 20.3 Å². The first-order valence-electron chi connectivity index (χ1n) is 7.55. The average molecular weight is 339 g/mol. The van der Waals surface area contributed by atoms with E-state index in [0.29, 0.717) is 38.8 Å². The second-order valence-electron chi connectivity index (χ2n) is 5.76. The maximum Gasteiger partial charge on any atom is 0.339 e. The minimum absolute atomic E-state index is 0.300.